The van der Waals surface area contributed by atoms with Gasteiger partial charge in [-0.15, -0.1) is 0 Å². The van der Waals surface area contributed by atoms with Gasteiger partial charge in [-0.2, -0.15) is 0 Å². The first-order valence-corrected chi connectivity index (χ1v) is 4.26. The predicted molar refractivity (Wildman–Crippen MR) is 45.4 cm³/mol. The highest BCUT2D eigenvalue weighted by Crippen LogP contribution is 2.15. The maximum atomic E-state index is 12.7. The van der Waals surface area contributed by atoms with E-state index < -0.39 is 6.17 Å². The molecule has 1 fully saturated rings. The summed E-state index contributed by atoms with van der Waals surface area (Å²) in [5.74, 6) is -0.352. The van der Waals surface area contributed by atoms with Crippen molar-refractivity contribution in [3.05, 3.63) is 35.6 Å². The SMILES string of the molecule is Fc1[c]ccc(CN2CC(F)C2)c1. The first kappa shape index (κ1) is 8.63. The molecule has 0 aliphatic carbocycles. The molecule has 1 aliphatic heterocycles. The summed E-state index contributed by atoms with van der Waals surface area (Å²) in [4.78, 5) is 1.94. The average molecular weight is 182 g/mol. The van der Waals surface area contributed by atoms with Crippen LogP contribution in [0.5, 0.6) is 0 Å². The van der Waals surface area contributed by atoms with Crippen molar-refractivity contribution in [1.29, 1.82) is 0 Å². The van der Waals surface area contributed by atoms with Crippen LogP contribution in [0.1, 0.15) is 5.56 Å². The minimum atomic E-state index is -0.694. The van der Waals surface area contributed by atoms with Gasteiger partial charge >= 0.3 is 0 Å². The van der Waals surface area contributed by atoms with Crippen LogP contribution in [0, 0.1) is 11.9 Å². The number of nitrogens with zero attached hydrogens (tertiary/aromatic N) is 1. The van der Waals surface area contributed by atoms with Crippen LogP contribution in [-0.4, -0.2) is 24.2 Å². The first-order valence-electron chi connectivity index (χ1n) is 4.26. The van der Waals surface area contributed by atoms with Crippen LogP contribution < -0.4 is 0 Å². The molecule has 1 saturated heterocycles. The molecule has 0 atom stereocenters. The van der Waals surface area contributed by atoms with Crippen molar-refractivity contribution in [1.82, 2.24) is 4.90 Å². The Morgan fingerprint density at radius 2 is 2.31 bits per heavy atom. The Labute approximate surface area is 76.0 Å². The number of benzene rings is 1. The third kappa shape index (κ3) is 2.04. The van der Waals surface area contributed by atoms with Crippen molar-refractivity contribution in [2.75, 3.05) is 13.1 Å². The van der Waals surface area contributed by atoms with Crippen molar-refractivity contribution < 1.29 is 8.78 Å². The van der Waals surface area contributed by atoms with Crippen LogP contribution in [0.25, 0.3) is 0 Å². The molecule has 13 heavy (non-hydrogen) atoms. The fraction of sp³-hybridized carbons (Fsp3) is 0.400. The van der Waals surface area contributed by atoms with Crippen LogP contribution in [0.4, 0.5) is 8.78 Å². The summed E-state index contributed by atoms with van der Waals surface area (Å²) in [7, 11) is 0. The number of hydrogen-bond acceptors (Lipinski definition) is 1. The summed E-state index contributed by atoms with van der Waals surface area (Å²) in [6.45, 7) is 1.58. The highest BCUT2D eigenvalue weighted by Gasteiger charge is 2.25. The number of likely N-dealkylation sites (tertiary alicyclic amines) is 1. The Morgan fingerprint density at radius 1 is 1.54 bits per heavy atom. The highest BCUT2D eigenvalue weighted by atomic mass is 19.1. The second-order valence-corrected chi connectivity index (χ2v) is 3.34. The largest absolute Gasteiger partial charge is 0.293 e. The normalized spacial score (nSPS) is 18.6. The molecular weight excluding hydrogens is 172 g/mol. The van der Waals surface area contributed by atoms with Crippen LogP contribution in [0.15, 0.2) is 18.2 Å². The van der Waals surface area contributed by atoms with E-state index >= 15 is 0 Å². The van der Waals surface area contributed by atoms with Gasteiger partial charge in [0, 0.05) is 25.7 Å². The van der Waals surface area contributed by atoms with E-state index in [9.17, 15) is 8.78 Å². The highest BCUT2D eigenvalue weighted by molar-refractivity contribution is 5.15. The summed E-state index contributed by atoms with van der Waals surface area (Å²) < 4.78 is 25.1. The molecule has 1 aromatic carbocycles. The van der Waals surface area contributed by atoms with E-state index in [1.165, 1.54) is 6.07 Å². The van der Waals surface area contributed by atoms with E-state index in [1.807, 2.05) is 4.90 Å². The van der Waals surface area contributed by atoms with Gasteiger partial charge in [-0.3, -0.25) is 4.90 Å². The van der Waals surface area contributed by atoms with E-state index in [1.54, 1.807) is 12.1 Å². The van der Waals surface area contributed by atoms with Crippen LogP contribution in [0.2, 0.25) is 0 Å². The molecule has 2 rings (SSSR count). The maximum Gasteiger partial charge on any atom is 0.131 e. The lowest BCUT2D eigenvalue weighted by Crippen LogP contribution is -2.47. The number of halogens is 2. The van der Waals surface area contributed by atoms with Crippen molar-refractivity contribution in [3.8, 4) is 0 Å². The Kier molecular flexibility index (Phi) is 2.27. The smallest absolute Gasteiger partial charge is 0.131 e. The summed E-state index contributed by atoms with van der Waals surface area (Å²) in [5.41, 5.74) is 0.878. The second kappa shape index (κ2) is 3.42. The molecular formula is C10H10F2N. The molecule has 0 aromatic heterocycles. The van der Waals surface area contributed by atoms with E-state index in [2.05, 4.69) is 6.07 Å². The zero-order chi connectivity index (χ0) is 9.26. The molecule has 0 N–H and O–H groups in total. The van der Waals surface area contributed by atoms with Gasteiger partial charge in [0.05, 0.1) is 0 Å². The Bertz CT molecular complexity index is 295. The molecule has 1 aromatic rings. The van der Waals surface area contributed by atoms with Crippen LogP contribution in [0.3, 0.4) is 0 Å². The van der Waals surface area contributed by atoms with Gasteiger partial charge in [0.15, 0.2) is 0 Å². The predicted octanol–water partition coefficient (Wildman–Crippen LogP) is 1.78. The van der Waals surface area contributed by atoms with Crippen LogP contribution in [-0.2, 0) is 6.54 Å². The molecule has 0 unspecified atom stereocenters. The van der Waals surface area contributed by atoms with Crippen molar-refractivity contribution in [2.24, 2.45) is 0 Å². The molecule has 1 aliphatic rings. The Hall–Kier alpha value is -0.960. The van der Waals surface area contributed by atoms with Gasteiger partial charge in [-0.25, -0.2) is 8.78 Å². The summed E-state index contributed by atoms with van der Waals surface area (Å²) in [6, 6.07) is 7.22. The Morgan fingerprint density at radius 3 is 2.92 bits per heavy atom. The number of hydrogen-bond donors (Lipinski definition) is 0. The zero-order valence-corrected chi connectivity index (χ0v) is 7.13. The van der Waals surface area contributed by atoms with Crippen molar-refractivity contribution >= 4 is 0 Å². The summed E-state index contributed by atoms with van der Waals surface area (Å²) in [6.07, 6.45) is -0.694. The van der Waals surface area contributed by atoms with E-state index in [-0.39, 0.29) is 5.82 Å². The first-order chi connectivity index (χ1) is 6.24. The minimum Gasteiger partial charge on any atom is -0.293 e. The van der Waals surface area contributed by atoms with Crippen molar-refractivity contribution in [2.45, 2.75) is 12.7 Å². The number of rotatable bonds is 2. The maximum absolute atomic E-state index is 12.7. The molecule has 69 valence electrons. The lowest BCUT2D eigenvalue weighted by atomic mass is 10.1. The van der Waals surface area contributed by atoms with Gasteiger partial charge in [0.2, 0.25) is 0 Å². The number of alkyl halides is 1. The standard InChI is InChI=1S/C10H10F2N/c11-9-3-1-2-8(4-9)5-13-6-10(12)7-13/h1-2,4,10H,5-7H2. The second-order valence-electron chi connectivity index (χ2n) is 3.34. The van der Waals surface area contributed by atoms with Gasteiger partial charge in [0.1, 0.15) is 12.0 Å². The average Bonchev–Trinajstić information content (AvgIpc) is 2.01. The zero-order valence-electron chi connectivity index (χ0n) is 7.13. The van der Waals surface area contributed by atoms with Gasteiger partial charge < -0.3 is 0 Å². The molecule has 1 radical (unpaired) electrons. The van der Waals surface area contributed by atoms with Gasteiger partial charge in [0.25, 0.3) is 0 Å². The topological polar surface area (TPSA) is 3.24 Å². The van der Waals surface area contributed by atoms with E-state index in [4.69, 9.17) is 0 Å². The third-order valence-corrected chi connectivity index (χ3v) is 2.15. The van der Waals surface area contributed by atoms with Gasteiger partial charge in [-0.05, 0) is 11.6 Å². The van der Waals surface area contributed by atoms with E-state index in [0.717, 1.165) is 5.56 Å². The molecule has 0 spiro atoms. The summed E-state index contributed by atoms with van der Waals surface area (Å²) in [5, 5.41) is 0. The van der Waals surface area contributed by atoms with Crippen LogP contribution >= 0.6 is 0 Å². The Balaban J connectivity index is 1.94. The van der Waals surface area contributed by atoms with Gasteiger partial charge in [-0.1, -0.05) is 12.1 Å². The molecule has 0 amide bonds. The monoisotopic (exact) mass is 182 g/mol. The summed E-state index contributed by atoms with van der Waals surface area (Å²) >= 11 is 0. The van der Waals surface area contributed by atoms with Crippen molar-refractivity contribution in [3.63, 3.8) is 0 Å². The quantitative estimate of drug-likeness (QED) is 0.673. The molecule has 3 heteroatoms. The molecule has 0 saturated carbocycles. The molecule has 0 bridgehead atoms. The fourth-order valence-electron chi connectivity index (χ4n) is 1.47. The minimum absolute atomic E-state index is 0.352. The lowest BCUT2D eigenvalue weighted by Gasteiger charge is -2.34. The third-order valence-electron chi connectivity index (χ3n) is 2.15. The molecule has 1 nitrogen and oxygen atoms in total. The fourth-order valence-corrected chi connectivity index (χ4v) is 1.47. The lowest BCUT2D eigenvalue weighted by molar-refractivity contribution is 0.0590. The van der Waals surface area contributed by atoms with E-state index in [0.29, 0.717) is 19.6 Å². The molecule has 1 heterocycles.